The van der Waals surface area contributed by atoms with E-state index < -0.39 is 0 Å². The SMILES string of the molecule is CCCOc1nc(Cl)nc(NC(C)CSCC)n1. The van der Waals surface area contributed by atoms with Crippen LogP contribution in [0.1, 0.15) is 27.2 Å². The van der Waals surface area contributed by atoms with Crippen molar-refractivity contribution in [3.63, 3.8) is 0 Å². The van der Waals surface area contributed by atoms with E-state index in [9.17, 15) is 0 Å². The number of nitrogens with zero attached hydrogens (tertiary/aromatic N) is 3. The maximum atomic E-state index is 5.83. The molecule has 102 valence electrons. The van der Waals surface area contributed by atoms with Gasteiger partial charge in [0.15, 0.2) is 0 Å². The molecule has 1 N–H and O–H groups in total. The number of nitrogens with one attached hydrogen (secondary N) is 1. The standard InChI is InChI=1S/C11H19ClN4OS/c1-4-6-17-11-15-9(12)14-10(16-11)13-8(3)7-18-5-2/h8H,4-7H2,1-3H3,(H,13,14,15,16). The molecule has 0 bridgehead atoms. The van der Waals surface area contributed by atoms with Crippen LogP contribution in [0.5, 0.6) is 6.01 Å². The van der Waals surface area contributed by atoms with Crippen molar-refractivity contribution in [2.24, 2.45) is 0 Å². The van der Waals surface area contributed by atoms with Gasteiger partial charge in [-0.15, -0.1) is 0 Å². The highest BCUT2D eigenvalue weighted by molar-refractivity contribution is 7.99. The molecule has 0 saturated carbocycles. The summed E-state index contributed by atoms with van der Waals surface area (Å²) >= 11 is 7.69. The summed E-state index contributed by atoms with van der Waals surface area (Å²) in [6, 6.07) is 0.544. The van der Waals surface area contributed by atoms with Crippen molar-refractivity contribution in [1.82, 2.24) is 15.0 Å². The summed E-state index contributed by atoms with van der Waals surface area (Å²) in [6.07, 6.45) is 0.898. The zero-order chi connectivity index (χ0) is 13.4. The molecule has 0 aliphatic heterocycles. The van der Waals surface area contributed by atoms with Gasteiger partial charge >= 0.3 is 6.01 Å². The number of hydrogen-bond donors (Lipinski definition) is 1. The molecule has 0 aromatic carbocycles. The van der Waals surface area contributed by atoms with Gasteiger partial charge in [-0.2, -0.15) is 26.7 Å². The average Bonchev–Trinajstić information content (AvgIpc) is 2.33. The second-order valence-electron chi connectivity index (χ2n) is 3.76. The van der Waals surface area contributed by atoms with Gasteiger partial charge in [0.1, 0.15) is 0 Å². The fourth-order valence-corrected chi connectivity index (χ4v) is 2.04. The minimum Gasteiger partial charge on any atom is -0.463 e. The smallest absolute Gasteiger partial charge is 0.322 e. The number of thioether (sulfide) groups is 1. The molecular weight excluding hydrogens is 272 g/mol. The van der Waals surface area contributed by atoms with Gasteiger partial charge in [0.25, 0.3) is 0 Å². The first-order chi connectivity index (χ1) is 8.65. The first-order valence-electron chi connectivity index (χ1n) is 6.04. The van der Waals surface area contributed by atoms with Crippen molar-refractivity contribution < 1.29 is 4.74 Å². The monoisotopic (exact) mass is 290 g/mol. The lowest BCUT2D eigenvalue weighted by Gasteiger charge is -2.13. The first-order valence-corrected chi connectivity index (χ1v) is 7.57. The molecule has 1 aromatic rings. The minimum atomic E-state index is 0.147. The van der Waals surface area contributed by atoms with Crippen molar-refractivity contribution in [2.45, 2.75) is 33.2 Å². The average molecular weight is 291 g/mol. The number of hydrogen-bond acceptors (Lipinski definition) is 6. The molecule has 1 atom stereocenters. The summed E-state index contributed by atoms with van der Waals surface area (Å²) in [7, 11) is 0. The van der Waals surface area contributed by atoms with Gasteiger partial charge in [0.2, 0.25) is 11.2 Å². The van der Waals surface area contributed by atoms with Crippen LogP contribution in [0, 0.1) is 0 Å². The van der Waals surface area contributed by atoms with Crippen LogP contribution in [0.15, 0.2) is 0 Å². The Morgan fingerprint density at radius 3 is 2.78 bits per heavy atom. The molecule has 1 heterocycles. The molecule has 1 rings (SSSR count). The predicted molar refractivity (Wildman–Crippen MR) is 76.7 cm³/mol. The van der Waals surface area contributed by atoms with Crippen LogP contribution < -0.4 is 10.1 Å². The molecule has 0 spiro atoms. The van der Waals surface area contributed by atoms with Crippen LogP contribution in [0.2, 0.25) is 5.28 Å². The minimum absolute atomic E-state index is 0.147. The molecule has 0 radical (unpaired) electrons. The summed E-state index contributed by atoms with van der Waals surface area (Å²) in [6.45, 7) is 6.80. The van der Waals surface area contributed by atoms with E-state index in [0.29, 0.717) is 12.6 Å². The zero-order valence-corrected chi connectivity index (χ0v) is 12.5. The summed E-state index contributed by atoms with van der Waals surface area (Å²) in [4.78, 5) is 12.1. The summed E-state index contributed by atoms with van der Waals surface area (Å²) in [5, 5.41) is 3.33. The van der Waals surface area contributed by atoms with Crippen LogP contribution in [-0.4, -0.2) is 39.1 Å². The third kappa shape index (κ3) is 5.73. The molecule has 1 unspecified atom stereocenters. The van der Waals surface area contributed by atoms with E-state index in [4.69, 9.17) is 16.3 Å². The lowest BCUT2D eigenvalue weighted by Crippen LogP contribution is -2.20. The van der Waals surface area contributed by atoms with Crippen molar-refractivity contribution >= 4 is 29.3 Å². The van der Waals surface area contributed by atoms with Crippen molar-refractivity contribution in [1.29, 1.82) is 0 Å². The molecule has 5 nitrogen and oxygen atoms in total. The maximum absolute atomic E-state index is 5.83. The van der Waals surface area contributed by atoms with Gasteiger partial charge < -0.3 is 10.1 Å². The Kier molecular flexibility index (Phi) is 7.12. The number of rotatable bonds is 8. The number of halogens is 1. The molecule has 7 heteroatoms. The van der Waals surface area contributed by atoms with E-state index in [-0.39, 0.29) is 17.3 Å². The molecule has 0 aliphatic carbocycles. The number of ether oxygens (including phenoxy) is 1. The van der Waals surface area contributed by atoms with Crippen LogP contribution in [0.25, 0.3) is 0 Å². The van der Waals surface area contributed by atoms with Crippen molar-refractivity contribution in [3.05, 3.63) is 5.28 Å². The maximum Gasteiger partial charge on any atom is 0.322 e. The zero-order valence-electron chi connectivity index (χ0n) is 10.9. The molecule has 0 saturated heterocycles. The Labute approximate surface area is 117 Å². The fourth-order valence-electron chi connectivity index (χ4n) is 1.21. The molecule has 18 heavy (non-hydrogen) atoms. The van der Waals surface area contributed by atoms with Crippen LogP contribution in [0.3, 0.4) is 0 Å². The Bertz CT molecular complexity index is 367. The highest BCUT2D eigenvalue weighted by Crippen LogP contribution is 2.13. The Balaban J connectivity index is 2.61. The molecule has 1 aromatic heterocycles. The number of anilines is 1. The van der Waals surface area contributed by atoms with Crippen LogP contribution >= 0.6 is 23.4 Å². The number of aromatic nitrogens is 3. The molecule has 0 aliphatic rings. The van der Waals surface area contributed by atoms with Crippen LogP contribution in [-0.2, 0) is 0 Å². The topological polar surface area (TPSA) is 59.9 Å². The van der Waals surface area contributed by atoms with E-state index in [1.54, 1.807) is 0 Å². The highest BCUT2D eigenvalue weighted by Gasteiger charge is 2.08. The normalized spacial score (nSPS) is 12.2. The van der Waals surface area contributed by atoms with Crippen LogP contribution in [0.4, 0.5) is 5.95 Å². The second-order valence-corrected chi connectivity index (χ2v) is 5.42. The molecule has 0 amide bonds. The third-order valence-electron chi connectivity index (χ3n) is 1.97. The first kappa shape index (κ1) is 15.3. The van der Waals surface area contributed by atoms with Gasteiger partial charge in [-0.1, -0.05) is 13.8 Å². The summed E-state index contributed by atoms with van der Waals surface area (Å²) < 4.78 is 5.35. The van der Waals surface area contributed by atoms with Crippen molar-refractivity contribution in [2.75, 3.05) is 23.4 Å². The van der Waals surface area contributed by atoms with Gasteiger partial charge in [0.05, 0.1) is 6.61 Å². The lowest BCUT2D eigenvalue weighted by atomic mass is 10.4. The summed E-state index contributed by atoms with van der Waals surface area (Å²) in [5.74, 6) is 2.55. The Hall–Kier alpha value is -0.750. The Morgan fingerprint density at radius 1 is 1.33 bits per heavy atom. The van der Waals surface area contributed by atoms with Gasteiger partial charge in [-0.05, 0) is 30.7 Å². The van der Waals surface area contributed by atoms with E-state index >= 15 is 0 Å². The highest BCUT2D eigenvalue weighted by atomic mass is 35.5. The largest absolute Gasteiger partial charge is 0.463 e. The lowest BCUT2D eigenvalue weighted by molar-refractivity contribution is 0.291. The van der Waals surface area contributed by atoms with Gasteiger partial charge in [-0.3, -0.25) is 0 Å². The van der Waals surface area contributed by atoms with E-state index in [2.05, 4.69) is 34.1 Å². The second kappa shape index (κ2) is 8.37. The van der Waals surface area contributed by atoms with E-state index in [1.165, 1.54) is 0 Å². The third-order valence-corrected chi connectivity index (χ3v) is 3.28. The van der Waals surface area contributed by atoms with Gasteiger partial charge in [0, 0.05) is 11.8 Å². The predicted octanol–water partition coefficient (Wildman–Crippen LogP) is 2.87. The summed E-state index contributed by atoms with van der Waals surface area (Å²) in [5.41, 5.74) is 0. The van der Waals surface area contributed by atoms with Gasteiger partial charge in [-0.25, -0.2) is 0 Å². The van der Waals surface area contributed by atoms with E-state index in [1.807, 2.05) is 18.7 Å². The quantitative estimate of drug-likeness (QED) is 0.794. The van der Waals surface area contributed by atoms with Crippen molar-refractivity contribution in [3.8, 4) is 6.01 Å². The Morgan fingerprint density at radius 2 is 2.11 bits per heavy atom. The fraction of sp³-hybridized carbons (Fsp3) is 0.727. The van der Waals surface area contributed by atoms with E-state index in [0.717, 1.165) is 17.9 Å². The molecular formula is C11H19ClN4OS. The molecule has 0 fully saturated rings.